The highest BCUT2D eigenvalue weighted by Crippen LogP contribution is 2.17. The molecule has 1 amide bonds. The molecule has 2 N–H and O–H groups in total. The van der Waals surface area contributed by atoms with Crippen LogP contribution in [0.15, 0.2) is 29.3 Å². The van der Waals surface area contributed by atoms with Crippen LogP contribution in [0.3, 0.4) is 0 Å². The van der Waals surface area contributed by atoms with Crippen LogP contribution in [0.5, 0.6) is 0 Å². The van der Waals surface area contributed by atoms with E-state index >= 15 is 0 Å². The second-order valence-electron chi connectivity index (χ2n) is 8.69. The molecule has 0 atom stereocenters. The Labute approximate surface area is 202 Å². The Morgan fingerprint density at radius 3 is 2.42 bits per heavy atom. The number of morpholine rings is 1. The number of nitrogens with one attached hydrogen (secondary N) is 2. The van der Waals surface area contributed by atoms with Crippen LogP contribution in [0.4, 0.5) is 10.5 Å². The fourth-order valence-electron chi connectivity index (χ4n) is 3.36. The van der Waals surface area contributed by atoms with Crippen LogP contribution in [0.25, 0.3) is 0 Å². The second kappa shape index (κ2) is 11.8. The van der Waals surface area contributed by atoms with Crippen molar-refractivity contribution in [3.05, 3.63) is 29.8 Å². The van der Waals surface area contributed by atoms with Crippen LogP contribution in [-0.2, 0) is 16.0 Å². The second-order valence-corrected chi connectivity index (χ2v) is 8.69. The Balaban J connectivity index is 0.00000341. The Morgan fingerprint density at radius 1 is 1.19 bits per heavy atom. The molecule has 2 heterocycles. The van der Waals surface area contributed by atoms with Gasteiger partial charge in [-0.2, -0.15) is 0 Å². The minimum absolute atomic E-state index is 0. The van der Waals surface area contributed by atoms with Gasteiger partial charge in [0.05, 0.1) is 25.8 Å². The summed E-state index contributed by atoms with van der Waals surface area (Å²) in [6.45, 7) is 13.8. The van der Waals surface area contributed by atoms with E-state index < -0.39 is 5.60 Å². The van der Waals surface area contributed by atoms with Crippen LogP contribution >= 0.6 is 24.0 Å². The summed E-state index contributed by atoms with van der Waals surface area (Å²) in [5.74, 6) is 0.767. The number of likely N-dealkylation sites (tertiary alicyclic amines) is 1. The van der Waals surface area contributed by atoms with Crippen LogP contribution in [-0.4, -0.2) is 74.5 Å². The highest BCUT2D eigenvalue weighted by atomic mass is 127. The predicted octanol–water partition coefficient (Wildman–Crippen LogP) is 2.82. The number of rotatable bonds is 5. The number of carbonyl (C=O) groups excluding carboxylic acids is 1. The number of hydrogen-bond acceptors (Lipinski definition) is 5. The van der Waals surface area contributed by atoms with E-state index in [1.165, 1.54) is 5.69 Å². The molecule has 2 fully saturated rings. The number of guanidine groups is 1. The molecule has 3 rings (SSSR count). The van der Waals surface area contributed by atoms with Gasteiger partial charge in [0, 0.05) is 38.4 Å². The zero-order chi connectivity index (χ0) is 21.6. The highest BCUT2D eigenvalue weighted by Gasteiger charge is 2.34. The van der Waals surface area contributed by atoms with Crippen LogP contribution in [0, 0.1) is 0 Å². The van der Waals surface area contributed by atoms with Gasteiger partial charge >= 0.3 is 6.09 Å². The van der Waals surface area contributed by atoms with E-state index in [0.717, 1.165) is 44.4 Å². The first kappa shape index (κ1) is 25.5. The molecule has 1 aromatic rings. The summed E-state index contributed by atoms with van der Waals surface area (Å²) in [7, 11) is 0. The van der Waals surface area contributed by atoms with Crippen molar-refractivity contribution in [1.82, 2.24) is 15.5 Å². The number of ether oxygens (including phenoxy) is 2. The summed E-state index contributed by atoms with van der Waals surface area (Å²) in [4.78, 5) is 20.8. The minimum Gasteiger partial charge on any atom is -0.444 e. The number of anilines is 1. The van der Waals surface area contributed by atoms with Gasteiger partial charge in [-0.05, 0) is 45.4 Å². The first-order valence-corrected chi connectivity index (χ1v) is 10.8. The first-order valence-electron chi connectivity index (χ1n) is 10.8. The van der Waals surface area contributed by atoms with Gasteiger partial charge in [0.25, 0.3) is 0 Å². The molecule has 31 heavy (non-hydrogen) atoms. The molecule has 8 nitrogen and oxygen atoms in total. The van der Waals surface area contributed by atoms with Crippen molar-refractivity contribution >= 4 is 41.7 Å². The summed E-state index contributed by atoms with van der Waals surface area (Å²) >= 11 is 0. The van der Waals surface area contributed by atoms with Crippen LogP contribution in [0.2, 0.25) is 0 Å². The maximum absolute atomic E-state index is 12.1. The lowest BCUT2D eigenvalue weighted by Crippen LogP contribution is -2.63. The van der Waals surface area contributed by atoms with Crippen molar-refractivity contribution in [3.63, 3.8) is 0 Å². The van der Waals surface area contributed by atoms with Crippen molar-refractivity contribution < 1.29 is 14.3 Å². The zero-order valence-corrected chi connectivity index (χ0v) is 21.3. The predicted molar refractivity (Wildman–Crippen MR) is 134 cm³/mol. The van der Waals surface area contributed by atoms with Crippen molar-refractivity contribution in [3.8, 4) is 0 Å². The minimum atomic E-state index is -0.469. The lowest BCUT2D eigenvalue weighted by atomic mass is 10.1. The first-order chi connectivity index (χ1) is 14.3. The van der Waals surface area contributed by atoms with E-state index in [0.29, 0.717) is 19.6 Å². The maximum Gasteiger partial charge on any atom is 0.410 e. The molecular weight excluding hydrogens is 509 g/mol. The molecule has 1 aromatic carbocycles. The topological polar surface area (TPSA) is 78.4 Å². The number of aliphatic imine (C=N–C) groups is 1. The van der Waals surface area contributed by atoms with Crippen molar-refractivity contribution in [2.45, 2.75) is 45.9 Å². The Morgan fingerprint density at radius 2 is 1.84 bits per heavy atom. The highest BCUT2D eigenvalue weighted by molar-refractivity contribution is 14.0. The quantitative estimate of drug-likeness (QED) is 0.337. The van der Waals surface area contributed by atoms with Gasteiger partial charge in [-0.25, -0.2) is 9.79 Å². The average Bonchev–Trinajstić information content (AvgIpc) is 2.68. The number of hydrogen-bond donors (Lipinski definition) is 2. The average molecular weight is 545 g/mol. The molecule has 2 saturated heterocycles. The third-order valence-electron chi connectivity index (χ3n) is 4.95. The Bertz CT molecular complexity index is 724. The molecule has 0 aromatic heterocycles. The molecule has 0 unspecified atom stereocenters. The Kier molecular flexibility index (Phi) is 9.67. The SMILES string of the molecule is CCNC(=NCc1ccc(N2CCOCC2)cc1)NC1CN(C(=O)OC(C)(C)C)C1.I. The summed E-state index contributed by atoms with van der Waals surface area (Å²) < 4.78 is 10.8. The van der Waals surface area contributed by atoms with Crippen LogP contribution in [0.1, 0.15) is 33.3 Å². The van der Waals surface area contributed by atoms with E-state index in [4.69, 9.17) is 14.5 Å². The lowest BCUT2D eigenvalue weighted by molar-refractivity contribution is 0.00700. The normalized spacial score (nSPS) is 17.5. The lowest BCUT2D eigenvalue weighted by Gasteiger charge is -2.40. The van der Waals surface area contributed by atoms with E-state index in [-0.39, 0.29) is 36.1 Å². The molecular formula is C22H36IN5O3. The molecule has 9 heteroatoms. The number of nitrogens with zero attached hydrogens (tertiary/aromatic N) is 3. The summed E-state index contributed by atoms with van der Waals surface area (Å²) in [5.41, 5.74) is 1.92. The van der Waals surface area contributed by atoms with Crippen molar-refractivity contribution in [2.24, 2.45) is 4.99 Å². The van der Waals surface area contributed by atoms with Gasteiger partial charge in [-0.15, -0.1) is 24.0 Å². The molecule has 0 spiro atoms. The fraction of sp³-hybridized carbons (Fsp3) is 0.636. The van der Waals surface area contributed by atoms with E-state index in [9.17, 15) is 4.79 Å². The number of halogens is 1. The number of amides is 1. The Hall–Kier alpha value is -1.75. The van der Waals surface area contributed by atoms with Crippen molar-refractivity contribution in [1.29, 1.82) is 0 Å². The van der Waals surface area contributed by atoms with E-state index in [1.807, 2.05) is 27.7 Å². The molecule has 2 aliphatic rings. The van der Waals surface area contributed by atoms with Gasteiger partial charge in [0.15, 0.2) is 5.96 Å². The molecule has 174 valence electrons. The molecule has 0 saturated carbocycles. The third kappa shape index (κ3) is 8.03. The van der Waals surface area contributed by atoms with E-state index in [1.54, 1.807) is 4.90 Å². The molecule has 2 aliphatic heterocycles. The van der Waals surface area contributed by atoms with Crippen molar-refractivity contribution in [2.75, 3.05) is 50.8 Å². The zero-order valence-electron chi connectivity index (χ0n) is 19.0. The molecule has 0 bridgehead atoms. The van der Waals surface area contributed by atoms with Gasteiger partial charge in [-0.1, -0.05) is 12.1 Å². The molecule has 0 aliphatic carbocycles. The largest absolute Gasteiger partial charge is 0.444 e. The number of carbonyl (C=O) groups is 1. The van der Waals surface area contributed by atoms with Gasteiger partial charge in [-0.3, -0.25) is 0 Å². The summed E-state index contributed by atoms with van der Waals surface area (Å²) in [5, 5.41) is 6.68. The van der Waals surface area contributed by atoms with Gasteiger partial charge in [0.2, 0.25) is 0 Å². The summed E-state index contributed by atoms with van der Waals surface area (Å²) in [6, 6.07) is 8.75. The summed E-state index contributed by atoms with van der Waals surface area (Å²) in [6.07, 6.45) is -0.261. The fourth-order valence-corrected chi connectivity index (χ4v) is 3.36. The monoisotopic (exact) mass is 545 g/mol. The maximum atomic E-state index is 12.1. The van der Waals surface area contributed by atoms with Gasteiger partial charge in [0.1, 0.15) is 5.60 Å². The molecule has 0 radical (unpaired) electrons. The third-order valence-corrected chi connectivity index (χ3v) is 4.95. The van der Waals surface area contributed by atoms with Crippen LogP contribution < -0.4 is 15.5 Å². The smallest absolute Gasteiger partial charge is 0.410 e. The number of benzene rings is 1. The van der Waals surface area contributed by atoms with Gasteiger partial charge < -0.3 is 29.9 Å². The standard InChI is InChI=1S/C22H35N5O3.HI/c1-5-23-20(25-18-15-27(16-18)21(28)30-22(2,3)4)24-14-17-6-8-19(9-7-17)26-10-12-29-13-11-26;/h6-9,18H,5,10-16H2,1-4H3,(H2,23,24,25);1H. The van der Waals surface area contributed by atoms with E-state index in [2.05, 4.69) is 39.8 Å².